The van der Waals surface area contributed by atoms with Gasteiger partial charge in [-0.05, 0) is 12.8 Å². The summed E-state index contributed by atoms with van der Waals surface area (Å²) in [5.74, 6) is 1.38. The van der Waals surface area contributed by atoms with Gasteiger partial charge in [-0.2, -0.15) is 0 Å². The van der Waals surface area contributed by atoms with Crippen molar-refractivity contribution in [3.63, 3.8) is 0 Å². The second kappa shape index (κ2) is 6.45. The Morgan fingerprint density at radius 2 is 2.29 bits per heavy atom. The monoisotopic (exact) mass is 237 g/mol. The lowest BCUT2D eigenvalue weighted by atomic mass is 10.1. The zero-order valence-corrected chi connectivity index (χ0v) is 11.2. The number of imidazole rings is 1. The number of ether oxygens (including phenoxy) is 1. The molecule has 1 aromatic heterocycles. The van der Waals surface area contributed by atoms with Crippen LogP contribution in [-0.2, 0) is 11.3 Å². The van der Waals surface area contributed by atoms with Crippen LogP contribution in [0, 0.1) is 12.8 Å². The standard InChI is InChI=1S/C13H23N3O/c1-6-7-16-8-11(4)14-13(16)15-12(9-17-5)10(2)3/h6,8,10,12H,1,7,9H2,2-5H3,(H,14,15). The number of anilines is 1. The van der Waals surface area contributed by atoms with E-state index in [0.717, 1.165) is 18.2 Å². The maximum atomic E-state index is 5.22. The summed E-state index contributed by atoms with van der Waals surface area (Å²) in [6.07, 6.45) is 3.89. The number of rotatable bonds is 7. The van der Waals surface area contributed by atoms with E-state index in [4.69, 9.17) is 4.74 Å². The molecule has 0 spiro atoms. The SMILES string of the molecule is C=CCn1cc(C)nc1NC(COC)C(C)C. The molecule has 1 N–H and O–H groups in total. The van der Waals surface area contributed by atoms with Gasteiger partial charge in [-0.1, -0.05) is 19.9 Å². The van der Waals surface area contributed by atoms with Crippen LogP contribution in [-0.4, -0.2) is 29.3 Å². The Morgan fingerprint density at radius 3 is 2.82 bits per heavy atom. The van der Waals surface area contributed by atoms with Gasteiger partial charge in [0.25, 0.3) is 0 Å². The molecule has 17 heavy (non-hydrogen) atoms. The first kappa shape index (κ1) is 13.8. The van der Waals surface area contributed by atoms with E-state index in [9.17, 15) is 0 Å². The molecule has 0 saturated carbocycles. The van der Waals surface area contributed by atoms with Crippen molar-refractivity contribution >= 4 is 5.95 Å². The van der Waals surface area contributed by atoms with Crippen molar-refractivity contribution in [2.45, 2.75) is 33.4 Å². The smallest absolute Gasteiger partial charge is 0.203 e. The third-order valence-electron chi connectivity index (χ3n) is 2.69. The number of hydrogen-bond donors (Lipinski definition) is 1. The summed E-state index contributed by atoms with van der Waals surface area (Å²) in [4.78, 5) is 4.48. The number of nitrogens with zero attached hydrogens (tertiary/aromatic N) is 2. The molecule has 4 nitrogen and oxygen atoms in total. The van der Waals surface area contributed by atoms with Crippen LogP contribution in [0.15, 0.2) is 18.9 Å². The predicted octanol–water partition coefficient (Wildman–Crippen LogP) is 2.46. The second-order valence-corrected chi connectivity index (χ2v) is 4.60. The first-order valence-electron chi connectivity index (χ1n) is 5.98. The number of allylic oxidation sites excluding steroid dienone is 1. The Labute approximate surface area is 104 Å². The highest BCUT2D eigenvalue weighted by atomic mass is 16.5. The Bertz CT molecular complexity index is 358. The van der Waals surface area contributed by atoms with Crippen molar-refractivity contribution in [1.29, 1.82) is 0 Å². The molecule has 0 saturated heterocycles. The summed E-state index contributed by atoms with van der Waals surface area (Å²) in [7, 11) is 1.72. The lowest BCUT2D eigenvalue weighted by molar-refractivity contribution is 0.170. The van der Waals surface area contributed by atoms with E-state index < -0.39 is 0 Å². The lowest BCUT2D eigenvalue weighted by Gasteiger charge is -2.22. The van der Waals surface area contributed by atoms with Gasteiger partial charge in [0.2, 0.25) is 5.95 Å². The average Bonchev–Trinajstić information content (AvgIpc) is 2.59. The van der Waals surface area contributed by atoms with Crippen molar-refractivity contribution in [1.82, 2.24) is 9.55 Å². The quantitative estimate of drug-likeness (QED) is 0.740. The van der Waals surface area contributed by atoms with E-state index in [1.807, 2.05) is 19.2 Å². The molecule has 1 rings (SSSR count). The first-order valence-corrected chi connectivity index (χ1v) is 5.98. The molecule has 1 aromatic rings. The minimum Gasteiger partial charge on any atom is -0.383 e. The van der Waals surface area contributed by atoms with Crippen LogP contribution < -0.4 is 5.32 Å². The molecule has 0 fully saturated rings. The molecule has 0 aliphatic heterocycles. The highest BCUT2D eigenvalue weighted by molar-refractivity contribution is 5.31. The fourth-order valence-electron chi connectivity index (χ4n) is 1.69. The van der Waals surface area contributed by atoms with Crippen LogP contribution in [0.25, 0.3) is 0 Å². The molecule has 0 aliphatic carbocycles. The van der Waals surface area contributed by atoms with Crippen LogP contribution in [0.4, 0.5) is 5.95 Å². The fraction of sp³-hybridized carbons (Fsp3) is 0.615. The predicted molar refractivity (Wildman–Crippen MR) is 71.3 cm³/mol. The van der Waals surface area contributed by atoms with Gasteiger partial charge >= 0.3 is 0 Å². The van der Waals surface area contributed by atoms with Crippen molar-refractivity contribution in [2.75, 3.05) is 19.0 Å². The molecule has 1 unspecified atom stereocenters. The van der Waals surface area contributed by atoms with E-state index in [1.54, 1.807) is 7.11 Å². The maximum absolute atomic E-state index is 5.22. The molecule has 0 bridgehead atoms. The normalized spacial score (nSPS) is 12.8. The Morgan fingerprint density at radius 1 is 1.59 bits per heavy atom. The molecule has 1 atom stereocenters. The molecular weight excluding hydrogens is 214 g/mol. The minimum atomic E-state index is 0.269. The number of hydrogen-bond acceptors (Lipinski definition) is 3. The molecule has 4 heteroatoms. The molecule has 0 aromatic carbocycles. The van der Waals surface area contributed by atoms with E-state index in [1.165, 1.54) is 0 Å². The van der Waals surface area contributed by atoms with Gasteiger partial charge in [0, 0.05) is 19.9 Å². The van der Waals surface area contributed by atoms with E-state index in [-0.39, 0.29) is 6.04 Å². The Hall–Kier alpha value is -1.29. The van der Waals surface area contributed by atoms with Crippen LogP contribution in [0.5, 0.6) is 0 Å². The summed E-state index contributed by atoms with van der Waals surface area (Å²) >= 11 is 0. The van der Waals surface area contributed by atoms with Crippen LogP contribution >= 0.6 is 0 Å². The summed E-state index contributed by atoms with van der Waals surface area (Å²) in [6, 6.07) is 0.269. The highest BCUT2D eigenvalue weighted by Gasteiger charge is 2.15. The number of aromatic nitrogens is 2. The Kier molecular flexibility index (Phi) is 5.22. The van der Waals surface area contributed by atoms with Gasteiger partial charge in [-0.3, -0.25) is 0 Å². The van der Waals surface area contributed by atoms with Gasteiger partial charge < -0.3 is 14.6 Å². The topological polar surface area (TPSA) is 39.1 Å². The molecule has 1 heterocycles. The zero-order chi connectivity index (χ0) is 12.8. The van der Waals surface area contributed by atoms with Gasteiger partial charge in [0.05, 0.1) is 18.3 Å². The molecule has 0 radical (unpaired) electrons. The van der Waals surface area contributed by atoms with Crippen molar-refractivity contribution < 1.29 is 4.74 Å². The van der Waals surface area contributed by atoms with Crippen LogP contribution in [0.3, 0.4) is 0 Å². The van der Waals surface area contributed by atoms with Crippen LogP contribution in [0.1, 0.15) is 19.5 Å². The van der Waals surface area contributed by atoms with Gasteiger partial charge in [0.15, 0.2) is 0 Å². The molecule has 0 aliphatic rings. The van der Waals surface area contributed by atoms with Gasteiger partial charge in [0.1, 0.15) is 0 Å². The third kappa shape index (κ3) is 3.89. The molecular formula is C13H23N3O. The average molecular weight is 237 g/mol. The van der Waals surface area contributed by atoms with Crippen molar-refractivity contribution in [3.8, 4) is 0 Å². The van der Waals surface area contributed by atoms with Crippen molar-refractivity contribution in [2.24, 2.45) is 5.92 Å². The zero-order valence-electron chi connectivity index (χ0n) is 11.2. The van der Waals surface area contributed by atoms with E-state index >= 15 is 0 Å². The summed E-state index contributed by atoms with van der Waals surface area (Å²) in [5, 5.41) is 3.43. The largest absolute Gasteiger partial charge is 0.383 e. The van der Waals surface area contributed by atoms with Crippen LogP contribution in [0.2, 0.25) is 0 Å². The number of aryl methyl sites for hydroxylation is 1. The summed E-state index contributed by atoms with van der Waals surface area (Å²) in [5.41, 5.74) is 1.01. The Balaban J connectivity index is 2.80. The summed E-state index contributed by atoms with van der Waals surface area (Å²) in [6.45, 7) is 11.5. The summed E-state index contributed by atoms with van der Waals surface area (Å²) < 4.78 is 7.29. The van der Waals surface area contributed by atoms with Gasteiger partial charge in [-0.25, -0.2) is 4.98 Å². The first-order chi connectivity index (χ1) is 8.08. The second-order valence-electron chi connectivity index (χ2n) is 4.60. The van der Waals surface area contributed by atoms with E-state index in [0.29, 0.717) is 12.5 Å². The minimum absolute atomic E-state index is 0.269. The molecule has 0 amide bonds. The highest BCUT2D eigenvalue weighted by Crippen LogP contribution is 2.13. The maximum Gasteiger partial charge on any atom is 0.203 e. The molecule has 96 valence electrons. The number of nitrogens with one attached hydrogen (secondary N) is 1. The van der Waals surface area contributed by atoms with Gasteiger partial charge in [-0.15, -0.1) is 6.58 Å². The van der Waals surface area contributed by atoms with Crippen molar-refractivity contribution in [3.05, 3.63) is 24.5 Å². The number of methoxy groups -OCH3 is 1. The lowest BCUT2D eigenvalue weighted by Crippen LogP contribution is -2.31. The third-order valence-corrected chi connectivity index (χ3v) is 2.69. The fourth-order valence-corrected chi connectivity index (χ4v) is 1.69. The van der Waals surface area contributed by atoms with E-state index in [2.05, 4.69) is 35.3 Å².